The average molecular weight is 418 g/mol. The summed E-state index contributed by atoms with van der Waals surface area (Å²) in [6, 6.07) is -1.49. The van der Waals surface area contributed by atoms with Gasteiger partial charge in [-0.25, -0.2) is 14.6 Å². The van der Waals surface area contributed by atoms with Gasteiger partial charge in [0.05, 0.1) is 5.54 Å². The first-order chi connectivity index (χ1) is 14.2. The number of hydrogen-bond acceptors (Lipinski definition) is 5. The van der Waals surface area contributed by atoms with Crippen molar-refractivity contribution in [1.82, 2.24) is 20.4 Å². The summed E-state index contributed by atoms with van der Waals surface area (Å²) in [7, 11) is 0. The van der Waals surface area contributed by atoms with Gasteiger partial charge in [0.2, 0.25) is 11.8 Å². The molecule has 0 unspecified atom stereocenters. The zero-order chi connectivity index (χ0) is 21.6. The minimum absolute atomic E-state index is 0.337. The topological polar surface area (TPSA) is 116 Å². The minimum atomic E-state index is -0.950. The third-order valence-electron chi connectivity index (χ3n) is 7.16. The van der Waals surface area contributed by atoms with Crippen LogP contribution in [0.4, 0.5) is 4.79 Å². The van der Waals surface area contributed by atoms with Crippen molar-refractivity contribution in [3.63, 3.8) is 0 Å². The summed E-state index contributed by atoms with van der Waals surface area (Å²) in [4.78, 5) is 64.7. The second kappa shape index (κ2) is 7.67. The van der Waals surface area contributed by atoms with Crippen LogP contribution in [0.15, 0.2) is 0 Å². The molecule has 5 rings (SSSR count). The van der Waals surface area contributed by atoms with Crippen LogP contribution in [-0.2, 0) is 19.2 Å². The number of carbonyl (C=O) groups excluding carboxylic acids is 5. The molecular formula is C21H30N4O5. The number of hydrogen-bond donors (Lipinski definition) is 2. The summed E-state index contributed by atoms with van der Waals surface area (Å²) >= 11 is 0. The van der Waals surface area contributed by atoms with Crippen LogP contribution in [0.25, 0.3) is 0 Å². The monoisotopic (exact) mass is 418 g/mol. The van der Waals surface area contributed by atoms with Gasteiger partial charge in [-0.1, -0.05) is 6.92 Å². The lowest BCUT2D eigenvalue weighted by molar-refractivity contribution is -0.150. The second-order valence-corrected chi connectivity index (χ2v) is 9.54. The zero-order valence-corrected chi connectivity index (χ0v) is 17.6. The molecule has 2 N–H and O–H groups in total. The lowest BCUT2D eigenvalue weighted by Crippen LogP contribution is -2.62. The van der Waals surface area contributed by atoms with E-state index in [1.54, 1.807) is 0 Å². The quantitative estimate of drug-likeness (QED) is 0.468. The minimum Gasteiger partial charge on any atom is -0.354 e. The fourth-order valence-electron chi connectivity index (χ4n) is 6.30. The Balaban J connectivity index is 1.43. The molecule has 5 fully saturated rings. The van der Waals surface area contributed by atoms with E-state index in [0.717, 1.165) is 49.8 Å². The number of amides is 6. The summed E-state index contributed by atoms with van der Waals surface area (Å²) in [5.41, 5.74) is -0.572. The number of urea groups is 1. The molecule has 6 amide bonds. The molecular weight excluding hydrogens is 388 g/mol. The van der Waals surface area contributed by atoms with E-state index >= 15 is 0 Å². The lowest BCUT2D eigenvalue weighted by Gasteiger charge is -2.58. The van der Waals surface area contributed by atoms with Gasteiger partial charge in [0.25, 0.3) is 0 Å². The van der Waals surface area contributed by atoms with Crippen molar-refractivity contribution >= 4 is 29.7 Å². The average Bonchev–Trinajstić information content (AvgIpc) is 2.88. The predicted molar refractivity (Wildman–Crippen MR) is 106 cm³/mol. The van der Waals surface area contributed by atoms with Gasteiger partial charge in [-0.15, -0.1) is 0 Å². The SMILES string of the molecule is CCCNC(=O)[C@@H](C)NC(=O)CN1C(=O)C(=O)N(C23CC4CC(CC(C4)C2)C3)C1=O. The van der Waals surface area contributed by atoms with Gasteiger partial charge in [-0.2, -0.15) is 0 Å². The largest absolute Gasteiger partial charge is 0.354 e. The standard InChI is InChI=1S/C21H30N4O5/c1-3-4-22-17(27)12(2)23-16(26)11-24-18(28)19(29)25(20(24)30)21-8-13-5-14(9-21)7-15(6-13)10-21/h12-15H,3-11H2,1-2H3,(H,22,27)(H,23,26)/t12-,13?,14?,15?,21?/m1/s1. The van der Waals surface area contributed by atoms with Crippen molar-refractivity contribution in [3.8, 4) is 0 Å². The maximum absolute atomic E-state index is 13.1. The smallest absolute Gasteiger partial charge is 0.335 e. The highest BCUT2D eigenvalue weighted by atomic mass is 16.2. The molecule has 1 heterocycles. The first-order valence-electron chi connectivity index (χ1n) is 11.0. The molecule has 0 aromatic rings. The van der Waals surface area contributed by atoms with Crippen LogP contribution in [0.5, 0.6) is 0 Å². The molecule has 5 aliphatic rings. The Labute approximate surface area is 175 Å². The molecule has 0 radical (unpaired) electrons. The molecule has 4 bridgehead atoms. The highest BCUT2D eigenvalue weighted by Crippen LogP contribution is 2.58. The fourth-order valence-corrected chi connectivity index (χ4v) is 6.30. The van der Waals surface area contributed by atoms with Gasteiger partial charge in [0, 0.05) is 6.54 Å². The van der Waals surface area contributed by atoms with E-state index in [-0.39, 0.29) is 5.91 Å². The first-order valence-corrected chi connectivity index (χ1v) is 11.0. The molecule has 0 aromatic heterocycles. The van der Waals surface area contributed by atoms with Crippen LogP contribution in [0.1, 0.15) is 58.8 Å². The molecule has 4 saturated carbocycles. The zero-order valence-electron chi connectivity index (χ0n) is 17.6. The maximum atomic E-state index is 13.1. The van der Waals surface area contributed by atoms with Crippen molar-refractivity contribution in [2.75, 3.05) is 13.1 Å². The molecule has 1 aliphatic heterocycles. The van der Waals surface area contributed by atoms with Crippen LogP contribution in [0, 0.1) is 17.8 Å². The third kappa shape index (κ3) is 3.48. The van der Waals surface area contributed by atoms with Crippen molar-refractivity contribution in [2.24, 2.45) is 17.8 Å². The van der Waals surface area contributed by atoms with Crippen LogP contribution in [0.2, 0.25) is 0 Å². The number of imide groups is 2. The Hall–Kier alpha value is -2.45. The molecule has 0 aromatic carbocycles. The molecule has 4 aliphatic carbocycles. The highest BCUT2D eigenvalue weighted by molar-refractivity contribution is 6.45. The third-order valence-corrected chi connectivity index (χ3v) is 7.16. The Morgan fingerprint density at radius 1 is 1.03 bits per heavy atom. The van der Waals surface area contributed by atoms with Gasteiger partial charge in [-0.3, -0.25) is 19.2 Å². The van der Waals surface area contributed by atoms with Crippen LogP contribution >= 0.6 is 0 Å². The van der Waals surface area contributed by atoms with Gasteiger partial charge in [0.15, 0.2) is 0 Å². The van der Waals surface area contributed by atoms with E-state index < -0.39 is 41.9 Å². The molecule has 9 heteroatoms. The van der Waals surface area contributed by atoms with Crippen LogP contribution < -0.4 is 10.6 Å². The summed E-state index contributed by atoms with van der Waals surface area (Å²) in [5, 5.41) is 5.17. The normalized spacial score (nSPS) is 33.3. The summed E-state index contributed by atoms with van der Waals surface area (Å²) in [5.74, 6) is -1.23. The Kier molecular flexibility index (Phi) is 5.32. The molecule has 9 nitrogen and oxygen atoms in total. The molecule has 0 spiro atoms. The number of nitrogens with zero attached hydrogens (tertiary/aromatic N) is 2. The molecule has 1 saturated heterocycles. The van der Waals surface area contributed by atoms with Gasteiger partial charge < -0.3 is 10.6 Å². The van der Waals surface area contributed by atoms with Gasteiger partial charge >= 0.3 is 17.8 Å². The number of rotatable bonds is 7. The molecule has 1 atom stereocenters. The molecule has 164 valence electrons. The Morgan fingerprint density at radius 2 is 1.60 bits per heavy atom. The van der Waals surface area contributed by atoms with Crippen molar-refractivity contribution in [3.05, 3.63) is 0 Å². The highest BCUT2D eigenvalue weighted by Gasteiger charge is 2.61. The Morgan fingerprint density at radius 3 is 2.13 bits per heavy atom. The lowest BCUT2D eigenvalue weighted by atomic mass is 9.52. The van der Waals surface area contributed by atoms with Gasteiger partial charge in [0.1, 0.15) is 12.6 Å². The van der Waals surface area contributed by atoms with E-state index in [2.05, 4.69) is 10.6 Å². The summed E-state index contributed by atoms with van der Waals surface area (Å²) < 4.78 is 0. The van der Waals surface area contributed by atoms with Gasteiger partial charge in [-0.05, 0) is 69.6 Å². The first kappa shape index (κ1) is 20.8. The summed E-state index contributed by atoms with van der Waals surface area (Å²) in [6.45, 7) is 3.39. The van der Waals surface area contributed by atoms with Crippen LogP contribution in [-0.4, -0.2) is 64.1 Å². The molecule has 30 heavy (non-hydrogen) atoms. The van der Waals surface area contributed by atoms with Crippen LogP contribution in [0.3, 0.4) is 0 Å². The van der Waals surface area contributed by atoms with E-state index in [4.69, 9.17) is 0 Å². The van der Waals surface area contributed by atoms with E-state index in [1.165, 1.54) is 11.8 Å². The van der Waals surface area contributed by atoms with Crippen molar-refractivity contribution in [1.29, 1.82) is 0 Å². The van der Waals surface area contributed by atoms with E-state index in [1.807, 2.05) is 6.92 Å². The Bertz CT molecular complexity index is 759. The maximum Gasteiger partial charge on any atom is 0.335 e. The van der Waals surface area contributed by atoms with E-state index in [9.17, 15) is 24.0 Å². The number of carbonyl (C=O) groups is 5. The predicted octanol–water partition coefficient (Wildman–Crippen LogP) is 0.777. The van der Waals surface area contributed by atoms with E-state index in [0.29, 0.717) is 24.3 Å². The number of nitrogens with one attached hydrogen (secondary N) is 2. The van der Waals surface area contributed by atoms with Crippen molar-refractivity contribution < 1.29 is 24.0 Å². The summed E-state index contributed by atoms with van der Waals surface area (Å²) in [6.07, 6.45) is 6.50. The second-order valence-electron chi connectivity index (χ2n) is 9.54. The fraction of sp³-hybridized carbons (Fsp3) is 0.762. The van der Waals surface area contributed by atoms with Crippen molar-refractivity contribution in [2.45, 2.75) is 70.4 Å².